The zero-order valence-electron chi connectivity index (χ0n) is 11.2. The van der Waals surface area contributed by atoms with E-state index < -0.39 is 0 Å². The molecule has 0 heterocycles. The maximum Gasteiger partial charge on any atom is 0.190 e. The van der Waals surface area contributed by atoms with E-state index in [1.807, 2.05) is 18.8 Å². The lowest BCUT2D eigenvalue weighted by Crippen LogP contribution is -2.35. The van der Waals surface area contributed by atoms with Crippen molar-refractivity contribution in [2.45, 2.75) is 12.7 Å². The van der Waals surface area contributed by atoms with Gasteiger partial charge in [-0.15, -0.1) is 24.0 Å². The SMILES string of the molecule is CN=C(NC)NCCSCc1ccc(C)cc1.I. The Morgan fingerprint density at radius 3 is 2.50 bits per heavy atom. The molecule has 1 rings (SSSR count). The van der Waals surface area contributed by atoms with Crippen LogP contribution in [-0.4, -0.2) is 32.4 Å². The van der Waals surface area contributed by atoms with Crippen molar-refractivity contribution in [3.63, 3.8) is 0 Å². The fourth-order valence-electron chi connectivity index (χ4n) is 1.40. The van der Waals surface area contributed by atoms with Gasteiger partial charge >= 0.3 is 0 Å². The van der Waals surface area contributed by atoms with E-state index in [0.717, 1.165) is 24.0 Å². The third-order valence-electron chi connectivity index (χ3n) is 2.39. The number of aryl methyl sites for hydroxylation is 1. The first kappa shape index (κ1) is 17.6. The Kier molecular flexibility index (Phi) is 10.2. The van der Waals surface area contributed by atoms with Crippen molar-refractivity contribution in [3.8, 4) is 0 Å². The van der Waals surface area contributed by atoms with Crippen LogP contribution in [0.4, 0.5) is 0 Å². The van der Waals surface area contributed by atoms with E-state index >= 15 is 0 Å². The van der Waals surface area contributed by atoms with Gasteiger partial charge in [-0.1, -0.05) is 29.8 Å². The highest BCUT2D eigenvalue weighted by Gasteiger charge is 1.95. The fraction of sp³-hybridized carbons (Fsp3) is 0.462. The van der Waals surface area contributed by atoms with E-state index in [2.05, 4.69) is 46.8 Å². The molecule has 0 aliphatic carbocycles. The number of halogens is 1. The minimum absolute atomic E-state index is 0. The number of hydrogen-bond acceptors (Lipinski definition) is 2. The third-order valence-corrected chi connectivity index (χ3v) is 3.42. The van der Waals surface area contributed by atoms with Gasteiger partial charge in [0, 0.05) is 32.1 Å². The third kappa shape index (κ3) is 7.10. The van der Waals surface area contributed by atoms with E-state index in [1.54, 1.807) is 7.05 Å². The summed E-state index contributed by atoms with van der Waals surface area (Å²) < 4.78 is 0. The molecule has 2 N–H and O–H groups in total. The summed E-state index contributed by atoms with van der Waals surface area (Å²) in [5.41, 5.74) is 2.71. The summed E-state index contributed by atoms with van der Waals surface area (Å²) in [5.74, 6) is 3.00. The first-order valence-corrected chi connectivity index (χ1v) is 6.93. The number of aliphatic imine (C=N–C) groups is 1. The summed E-state index contributed by atoms with van der Waals surface area (Å²) in [6, 6.07) is 8.72. The first-order valence-electron chi connectivity index (χ1n) is 5.78. The van der Waals surface area contributed by atoms with Crippen LogP contribution in [0, 0.1) is 6.92 Å². The lowest BCUT2D eigenvalue weighted by molar-refractivity contribution is 0.912. The van der Waals surface area contributed by atoms with E-state index in [0.29, 0.717) is 0 Å². The van der Waals surface area contributed by atoms with E-state index in [1.165, 1.54) is 11.1 Å². The van der Waals surface area contributed by atoms with Gasteiger partial charge in [0.15, 0.2) is 5.96 Å². The Bertz CT molecular complexity index is 352. The second-order valence-corrected chi connectivity index (χ2v) is 4.89. The van der Waals surface area contributed by atoms with E-state index in [4.69, 9.17) is 0 Å². The predicted molar refractivity (Wildman–Crippen MR) is 93.2 cm³/mol. The molecule has 0 amide bonds. The molecule has 0 aliphatic rings. The van der Waals surface area contributed by atoms with Crippen LogP contribution in [0.1, 0.15) is 11.1 Å². The van der Waals surface area contributed by atoms with Crippen LogP contribution in [0.3, 0.4) is 0 Å². The van der Waals surface area contributed by atoms with E-state index in [-0.39, 0.29) is 24.0 Å². The highest BCUT2D eigenvalue weighted by Crippen LogP contribution is 2.12. The van der Waals surface area contributed by atoms with Gasteiger partial charge in [-0.3, -0.25) is 4.99 Å². The Labute approximate surface area is 131 Å². The zero-order chi connectivity index (χ0) is 12.5. The second-order valence-electron chi connectivity index (χ2n) is 3.79. The molecule has 5 heteroatoms. The van der Waals surface area contributed by atoms with Crippen LogP contribution in [0.15, 0.2) is 29.3 Å². The number of nitrogens with zero attached hydrogens (tertiary/aromatic N) is 1. The second kappa shape index (κ2) is 10.5. The first-order chi connectivity index (χ1) is 8.26. The molecule has 0 atom stereocenters. The molecule has 3 nitrogen and oxygen atoms in total. The largest absolute Gasteiger partial charge is 0.359 e. The van der Waals surface area contributed by atoms with Gasteiger partial charge in [0.1, 0.15) is 0 Å². The molecule has 18 heavy (non-hydrogen) atoms. The Balaban J connectivity index is 0.00000289. The average Bonchev–Trinajstić information content (AvgIpc) is 2.36. The van der Waals surface area contributed by atoms with Gasteiger partial charge < -0.3 is 10.6 Å². The molecule has 1 aromatic carbocycles. The molecular weight excluding hydrogens is 357 g/mol. The fourth-order valence-corrected chi connectivity index (χ4v) is 2.21. The van der Waals surface area contributed by atoms with Crippen molar-refractivity contribution in [1.82, 2.24) is 10.6 Å². The molecule has 0 spiro atoms. The molecular formula is C13H22IN3S. The number of hydrogen-bond donors (Lipinski definition) is 2. The van der Waals surface area contributed by atoms with Crippen molar-refractivity contribution in [1.29, 1.82) is 0 Å². The van der Waals surface area contributed by atoms with Gasteiger partial charge in [0.2, 0.25) is 0 Å². The summed E-state index contributed by atoms with van der Waals surface area (Å²) in [6.07, 6.45) is 0. The van der Waals surface area contributed by atoms with Crippen LogP contribution in [-0.2, 0) is 5.75 Å². The lowest BCUT2D eigenvalue weighted by Gasteiger charge is -2.08. The molecule has 102 valence electrons. The minimum Gasteiger partial charge on any atom is -0.359 e. The Morgan fingerprint density at radius 1 is 1.28 bits per heavy atom. The molecule has 0 bridgehead atoms. The molecule has 0 fully saturated rings. The van der Waals surface area contributed by atoms with Gasteiger partial charge in [-0.25, -0.2) is 0 Å². The molecule has 0 aliphatic heterocycles. The molecule has 0 aromatic heterocycles. The summed E-state index contributed by atoms with van der Waals surface area (Å²) >= 11 is 1.93. The van der Waals surface area contributed by atoms with Crippen molar-refractivity contribution >= 4 is 41.7 Å². The lowest BCUT2D eigenvalue weighted by atomic mass is 10.2. The normalized spacial score (nSPS) is 10.7. The zero-order valence-corrected chi connectivity index (χ0v) is 14.3. The highest BCUT2D eigenvalue weighted by molar-refractivity contribution is 14.0. The number of rotatable bonds is 5. The summed E-state index contributed by atoms with van der Waals surface area (Å²) in [6.45, 7) is 3.05. The highest BCUT2D eigenvalue weighted by atomic mass is 127. The smallest absolute Gasteiger partial charge is 0.190 e. The van der Waals surface area contributed by atoms with Crippen molar-refractivity contribution < 1.29 is 0 Å². The van der Waals surface area contributed by atoms with Crippen LogP contribution < -0.4 is 10.6 Å². The number of nitrogens with one attached hydrogen (secondary N) is 2. The Morgan fingerprint density at radius 2 is 1.94 bits per heavy atom. The average molecular weight is 379 g/mol. The number of benzene rings is 1. The molecule has 0 saturated heterocycles. The van der Waals surface area contributed by atoms with Gasteiger partial charge in [-0.2, -0.15) is 11.8 Å². The topological polar surface area (TPSA) is 36.4 Å². The molecule has 1 aromatic rings. The van der Waals surface area contributed by atoms with Gasteiger partial charge in [0.25, 0.3) is 0 Å². The number of guanidine groups is 1. The molecule has 0 unspecified atom stereocenters. The van der Waals surface area contributed by atoms with Crippen LogP contribution in [0.2, 0.25) is 0 Å². The van der Waals surface area contributed by atoms with E-state index in [9.17, 15) is 0 Å². The minimum atomic E-state index is 0. The molecule has 0 radical (unpaired) electrons. The standard InChI is InChI=1S/C13H21N3S.HI/c1-11-4-6-12(7-5-11)10-17-9-8-16-13(14-2)15-3;/h4-7H,8-10H2,1-3H3,(H2,14,15,16);1H. The predicted octanol–water partition coefficient (Wildman–Crippen LogP) is 2.64. The van der Waals surface area contributed by atoms with Crippen molar-refractivity contribution in [3.05, 3.63) is 35.4 Å². The van der Waals surface area contributed by atoms with Crippen LogP contribution in [0.5, 0.6) is 0 Å². The number of thioether (sulfide) groups is 1. The molecule has 0 saturated carbocycles. The summed E-state index contributed by atoms with van der Waals surface area (Å²) in [7, 11) is 3.65. The summed E-state index contributed by atoms with van der Waals surface area (Å²) in [5, 5.41) is 6.23. The van der Waals surface area contributed by atoms with Crippen LogP contribution in [0.25, 0.3) is 0 Å². The maximum absolute atomic E-state index is 4.06. The van der Waals surface area contributed by atoms with Gasteiger partial charge in [-0.05, 0) is 12.5 Å². The van der Waals surface area contributed by atoms with Crippen LogP contribution >= 0.6 is 35.7 Å². The van der Waals surface area contributed by atoms with Crippen molar-refractivity contribution in [2.24, 2.45) is 4.99 Å². The maximum atomic E-state index is 4.06. The van der Waals surface area contributed by atoms with Crippen molar-refractivity contribution in [2.75, 3.05) is 26.4 Å². The monoisotopic (exact) mass is 379 g/mol. The summed E-state index contributed by atoms with van der Waals surface area (Å²) in [4.78, 5) is 4.06. The van der Waals surface area contributed by atoms with Gasteiger partial charge in [0.05, 0.1) is 0 Å². The quantitative estimate of drug-likeness (QED) is 0.358. The Hall–Kier alpha value is -0.430.